The third-order valence-corrected chi connectivity index (χ3v) is 5.09. The summed E-state index contributed by atoms with van der Waals surface area (Å²) in [5, 5.41) is 4.59. The monoisotopic (exact) mass is 402 g/mol. The number of esters is 1. The smallest absolute Gasteiger partial charge is 0.338 e. The molecule has 2 atom stereocenters. The lowest BCUT2D eigenvalue weighted by Gasteiger charge is -2.35. The van der Waals surface area contributed by atoms with Gasteiger partial charge in [0.2, 0.25) is 0 Å². The third-order valence-electron chi connectivity index (χ3n) is 4.22. The molecule has 1 saturated heterocycles. The molecule has 7 nitrogen and oxygen atoms in total. The molecule has 148 valence electrons. The Bertz CT molecular complexity index is 825. The highest BCUT2D eigenvalue weighted by Gasteiger charge is 2.26. The van der Waals surface area contributed by atoms with E-state index in [1.807, 2.05) is 19.2 Å². The molecule has 1 aromatic carbocycles. The van der Waals surface area contributed by atoms with E-state index in [1.54, 1.807) is 41.3 Å². The number of carbonyl (C=O) groups excluding carboxylic acids is 3. The van der Waals surface area contributed by atoms with Gasteiger partial charge in [-0.15, -0.1) is 11.3 Å². The van der Waals surface area contributed by atoms with Crippen LogP contribution in [0.4, 0.5) is 5.69 Å². The lowest BCUT2D eigenvalue weighted by atomic mass is 10.2. The lowest BCUT2D eigenvalue weighted by Crippen LogP contribution is -2.49. The van der Waals surface area contributed by atoms with E-state index in [2.05, 4.69) is 5.32 Å². The molecule has 0 bridgehead atoms. The summed E-state index contributed by atoms with van der Waals surface area (Å²) in [5.41, 5.74) is 0.882. The van der Waals surface area contributed by atoms with Crippen molar-refractivity contribution in [2.75, 3.05) is 25.0 Å². The number of anilines is 1. The van der Waals surface area contributed by atoms with Gasteiger partial charge in [-0.2, -0.15) is 0 Å². The highest BCUT2D eigenvalue weighted by atomic mass is 32.1. The van der Waals surface area contributed by atoms with Gasteiger partial charge in [-0.1, -0.05) is 6.07 Å². The summed E-state index contributed by atoms with van der Waals surface area (Å²) in [5.74, 6) is -1.03. The molecule has 8 heteroatoms. The van der Waals surface area contributed by atoms with E-state index in [4.69, 9.17) is 9.47 Å². The van der Waals surface area contributed by atoms with Gasteiger partial charge in [0.15, 0.2) is 6.61 Å². The fourth-order valence-corrected chi connectivity index (χ4v) is 3.59. The van der Waals surface area contributed by atoms with Crippen molar-refractivity contribution in [1.29, 1.82) is 0 Å². The molecule has 1 fully saturated rings. The summed E-state index contributed by atoms with van der Waals surface area (Å²) in [6.07, 6.45) is -0.0827. The number of nitrogens with zero attached hydrogens (tertiary/aromatic N) is 1. The van der Waals surface area contributed by atoms with Crippen molar-refractivity contribution in [2.24, 2.45) is 0 Å². The Hall–Kier alpha value is -2.71. The lowest BCUT2D eigenvalue weighted by molar-refractivity contribution is -0.146. The Kier molecular flexibility index (Phi) is 6.43. The molecule has 1 aromatic heterocycles. The van der Waals surface area contributed by atoms with Crippen LogP contribution in [0.5, 0.6) is 0 Å². The maximum Gasteiger partial charge on any atom is 0.338 e. The second kappa shape index (κ2) is 8.99. The van der Waals surface area contributed by atoms with Crippen LogP contribution in [0.2, 0.25) is 0 Å². The molecular formula is C20H22N2O5S. The summed E-state index contributed by atoms with van der Waals surface area (Å²) in [7, 11) is 0. The zero-order valence-corrected chi connectivity index (χ0v) is 16.5. The van der Waals surface area contributed by atoms with Gasteiger partial charge in [-0.3, -0.25) is 9.59 Å². The molecule has 2 amide bonds. The quantitative estimate of drug-likeness (QED) is 0.778. The maximum absolute atomic E-state index is 12.3. The maximum atomic E-state index is 12.3. The number of morpholine rings is 1. The van der Waals surface area contributed by atoms with Crippen LogP contribution in [0, 0.1) is 0 Å². The van der Waals surface area contributed by atoms with Gasteiger partial charge < -0.3 is 19.7 Å². The van der Waals surface area contributed by atoms with Crippen LogP contribution in [0.1, 0.15) is 33.9 Å². The average molecular weight is 402 g/mol. The van der Waals surface area contributed by atoms with Gasteiger partial charge in [0.1, 0.15) is 0 Å². The molecule has 0 radical (unpaired) electrons. The van der Waals surface area contributed by atoms with Crippen molar-refractivity contribution >= 4 is 34.8 Å². The Labute approximate surface area is 167 Å². The minimum absolute atomic E-state index is 0.0414. The van der Waals surface area contributed by atoms with Crippen LogP contribution in [0.25, 0.3) is 0 Å². The second-order valence-corrected chi connectivity index (χ2v) is 7.59. The predicted octanol–water partition coefficient (Wildman–Crippen LogP) is 2.79. The highest BCUT2D eigenvalue weighted by molar-refractivity contribution is 7.12. The molecule has 1 aliphatic heterocycles. The van der Waals surface area contributed by atoms with E-state index in [9.17, 15) is 14.4 Å². The molecule has 0 aliphatic carbocycles. The SMILES string of the molecule is C[C@@H]1CN(C(=O)COC(=O)c2ccc(NC(=O)c3cccs3)cc2)C[C@H](C)O1. The molecule has 0 saturated carbocycles. The number of carbonyl (C=O) groups is 3. The highest BCUT2D eigenvalue weighted by Crippen LogP contribution is 2.15. The van der Waals surface area contributed by atoms with E-state index in [0.717, 1.165) is 0 Å². The molecule has 1 N–H and O–H groups in total. The van der Waals surface area contributed by atoms with Crippen molar-refractivity contribution in [3.63, 3.8) is 0 Å². The topological polar surface area (TPSA) is 84.9 Å². The van der Waals surface area contributed by atoms with Crippen molar-refractivity contribution in [3.05, 3.63) is 52.2 Å². The van der Waals surface area contributed by atoms with Gasteiger partial charge >= 0.3 is 5.97 Å². The molecular weight excluding hydrogens is 380 g/mol. The fraction of sp³-hybridized carbons (Fsp3) is 0.350. The largest absolute Gasteiger partial charge is 0.452 e. The van der Waals surface area contributed by atoms with Crippen LogP contribution >= 0.6 is 11.3 Å². The van der Waals surface area contributed by atoms with Crippen LogP contribution in [-0.2, 0) is 14.3 Å². The number of benzene rings is 1. The second-order valence-electron chi connectivity index (χ2n) is 6.64. The van der Waals surface area contributed by atoms with E-state index in [1.165, 1.54) is 11.3 Å². The Morgan fingerprint density at radius 2 is 1.82 bits per heavy atom. The normalized spacial score (nSPS) is 19.1. The minimum atomic E-state index is -0.584. The van der Waals surface area contributed by atoms with Crippen molar-refractivity contribution in [3.8, 4) is 0 Å². The van der Waals surface area contributed by atoms with Crippen LogP contribution in [0.15, 0.2) is 41.8 Å². The molecule has 2 heterocycles. The average Bonchev–Trinajstić information content (AvgIpc) is 3.20. The molecule has 28 heavy (non-hydrogen) atoms. The number of amides is 2. The van der Waals surface area contributed by atoms with Gasteiger partial charge in [0.05, 0.1) is 22.6 Å². The van der Waals surface area contributed by atoms with Crippen LogP contribution in [-0.4, -0.2) is 54.6 Å². The number of hydrogen-bond acceptors (Lipinski definition) is 6. The Balaban J connectivity index is 1.50. The van der Waals surface area contributed by atoms with E-state index in [0.29, 0.717) is 29.2 Å². The van der Waals surface area contributed by atoms with Crippen molar-refractivity contribution < 1.29 is 23.9 Å². The summed E-state index contributed by atoms with van der Waals surface area (Å²) in [6.45, 7) is 4.47. The minimum Gasteiger partial charge on any atom is -0.452 e. The van der Waals surface area contributed by atoms with Crippen molar-refractivity contribution in [1.82, 2.24) is 4.90 Å². The van der Waals surface area contributed by atoms with Crippen LogP contribution < -0.4 is 5.32 Å². The summed E-state index contributed by atoms with van der Waals surface area (Å²) >= 11 is 1.35. The number of rotatable bonds is 5. The Morgan fingerprint density at radius 1 is 1.14 bits per heavy atom. The molecule has 3 rings (SSSR count). The number of hydrogen-bond donors (Lipinski definition) is 1. The number of nitrogens with one attached hydrogen (secondary N) is 1. The molecule has 0 spiro atoms. The van der Waals surface area contributed by atoms with E-state index in [-0.39, 0.29) is 30.6 Å². The van der Waals surface area contributed by atoms with Gasteiger partial charge in [0, 0.05) is 18.8 Å². The van der Waals surface area contributed by atoms with E-state index >= 15 is 0 Å². The summed E-state index contributed by atoms with van der Waals surface area (Å²) < 4.78 is 10.7. The standard InChI is InChI=1S/C20H22N2O5S/c1-13-10-22(11-14(2)27-13)18(23)12-26-20(25)15-5-7-16(8-6-15)21-19(24)17-4-3-9-28-17/h3-9,13-14H,10-12H2,1-2H3,(H,21,24)/t13-,14+. The third kappa shape index (κ3) is 5.17. The summed E-state index contributed by atoms with van der Waals surface area (Å²) in [4.78, 5) is 38.7. The first-order valence-corrected chi connectivity index (χ1v) is 9.85. The summed E-state index contributed by atoms with van der Waals surface area (Å²) in [6, 6.07) is 9.88. The van der Waals surface area contributed by atoms with E-state index < -0.39 is 5.97 Å². The van der Waals surface area contributed by atoms with Crippen molar-refractivity contribution in [2.45, 2.75) is 26.1 Å². The fourth-order valence-electron chi connectivity index (χ4n) is 2.97. The number of ether oxygens (including phenoxy) is 2. The zero-order valence-electron chi connectivity index (χ0n) is 15.7. The van der Waals surface area contributed by atoms with Gasteiger partial charge in [0.25, 0.3) is 11.8 Å². The molecule has 1 aliphatic rings. The van der Waals surface area contributed by atoms with Crippen LogP contribution in [0.3, 0.4) is 0 Å². The van der Waals surface area contributed by atoms with Gasteiger partial charge in [-0.05, 0) is 49.6 Å². The molecule has 2 aromatic rings. The number of thiophene rings is 1. The molecule has 0 unspecified atom stereocenters. The predicted molar refractivity (Wildman–Crippen MR) is 106 cm³/mol. The first-order valence-electron chi connectivity index (χ1n) is 8.97. The first-order chi connectivity index (χ1) is 13.4. The zero-order chi connectivity index (χ0) is 20.1. The Morgan fingerprint density at radius 3 is 2.43 bits per heavy atom. The first kappa shape index (κ1) is 20.0. The van der Waals surface area contributed by atoms with Gasteiger partial charge in [-0.25, -0.2) is 4.79 Å².